The number of nitrogens with two attached hydrogens (primary N) is 1. The molecule has 134 valence electrons. The summed E-state index contributed by atoms with van der Waals surface area (Å²) < 4.78 is 0. The molecule has 7 heteroatoms. The number of urea groups is 1. The predicted octanol–water partition coefficient (Wildman–Crippen LogP) is 2.50. The van der Waals surface area contributed by atoms with Gasteiger partial charge in [0.15, 0.2) is 0 Å². The third-order valence-corrected chi connectivity index (χ3v) is 4.33. The Morgan fingerprint density at radius 3 is 2.92 bits per heavy atom. The Morgan fingerprint density at radius 2 is 2.08 bits per heavy atom. The SMILES string of the molecule is CCCNC(=O)NCCCCN1CNc2c(N)nc3ccccc3c21. The molecule has 2 amide bonds. The second-order valence-corrected chi connectivity index (χ2v) is 6.23. The van der Waals surface area contributed by atoms with Crippen LogP contribution in [0.3, 0.4) is 0 Å². The van der Waals surface area contributed by atoms with Gasteiger partial charge in [0.2, 0.25) is 0 Å². The first-order chi connectivity index (χ1) is 12.2. The summed E-state index contributed by atoms with van der Waals surface area (Å²) in [5.41, 5.74) is 9.08. The van der Waals surface area contributed by atoms with Crippen LogP contribution in [0, 0.1) is 0 Å². The fraction of sp³-hybridized carbons (Fsp3) is 0.444. The van der Waals surface area contributed by atoms with Crippen molar-refractivity contribution < 1.29 is 4.79 Å². The van der Waals surface area contributed by atoms with Crippen LogP contribution in [-0.2, 0) is 0 Å². The number of carbonyl (C=O) groups excluding carboxylic acids is 1. The second kappa shape index (κ2) is 7.92. The number of amides is 2. The van der Waals surface area contributed by atoms with E-state index in [4.69, 9.17) is 5.73 Å². The predicted molar refractivity (Wildman–Crippen MR) is 103 cm³/mol. The summed E-state index contributed by atoms with van der Waals surface area (Å²) in [7, 11) is 0. The minimum Gasteiger partial charge on any atom is -0.382 e. The lowest BCUT2D eigenvalue weighted by Crippen LogP contribution is -2.36. The number of fused-ring (bicyclic) bond motifs is 3. The van der Waals surface area contributed by atoms with Crippen LogP contribution in [-0.4, -0.2) is 37.3 Å². The zero-order chi connectivity index (χ0) is 17.6. The van der Waals surface area contributed by atoms with Gasteiger partial charge in [-0.15, -0.1) is 0 Å². The number of para-hydroxylation sites is 1. The van der Waals surface area contributed by atoms with E-state index in [1.54, 1.807) is 0 Å². The normalized spacial score (nSPS) is 12.8. The molecule has 2 heterocycles. The van der Waals surface area contributed by atoms with Gasteiger partial charge in [0.25, 0.3) is 0 Å². The Bertz CT molecular complexity index is 748. The van der Waals surface area contributed by atoms with Crippen molar-refractivity contribution in [2.75, 3.05) is 42.3 Å². The van der Waals surface area contributed by atoms with Gasteiger partial charge in [0.05, 0.1) is 17.9 Å². The smallest absolute Gasteiger partial charge is 0.314 e. The number of hydrogen-bond acceptors (Lipinski definition) is 5. The number of pyridine rings is 1. The average Bonchev–Trinajstić information content (AvgIpc) is 3.05. The zero-order valence-electron chi connectivity index (χ0n) is 14.6. The highest BCUT2D eigenvalue weighted by Crippen LogP contribution is 2.40. The van der Waals surface area contributed by atoms with Crippen molar-refractivity contribution >= 4 is 34.1 Å². The number of hydrogen-bond donors (Lipinski definition) is 4. The first-order valence-electron chi connectivity index (χ1n) is 8.89. The van der Waals surface area contributed by atoms with Gasteiger partial charge in [-0.3, -0.25) is 0 Å². The molecule has 1 aliphatic rings. The highest BCUT2D eigenvalue weighted by Gasteiger charge is 2.24. The lowest BCUT2D eigenvalue weighted by atomic mass is 10.1. The number of carbonyl (C=O) groups is 1. The Morgan fingerprint density at radius 1 is 1.28 bits per heavy atom. The molecule has 0 aliphatic carbocycles. The molecule has 0 saturated heterocycles. The number of anilines is 3. The van der Waals surface area contributed by atoms with Crippen molar-refractivity contribution in [2.24, 2.45) is 0 Å². The molecule has 3 rings (SSSR count). The number of nitrogens with zero attached hydrogens (tertiary/aromatic N) is 2. The number of rotatable bonds is 7. The van der Waals surface area contributed by atoms with Gasteiger partial charge in [0.1, 0.15) is 11.5 Å². The highest BCUT2D eigenvalue weighted by molar-refractivity contribution is 6.03. The summed E-state index contributed by atoms with van der Waals surface area (Å²) in [5.74, 6) is 0.547. The number of aromatic nitrogens is 1. The van der Waals surface area contributed by atoms with E-state index in [1.165, 1.54) is 0 Å². The monoisotopic (exact) mass is 342 g/mol. The molecule has 7 nitrogen and oxygen atoms in total. The fourth-order valence-electron chi connectivity index (χ4n) is 3.09. The average molecular weight is 342 g/mol. The van der Waals surface area contributed by atoms with Crippen molar-refractivity contribution in [3.63, 3.8) is 0 Å². The summed E-state index contributed by atoms with van der Waals surface area (Å²) in [5, 5.41) is 10.2. The van der Waals surface area contributed by atoms with Gasteiger partial charge >= 0.3 is 6.03 Å². The molecule has 0 fully saturated rings. The minimum absolute atomic E-state index is 0.0834. The maximum atomic E-state index is 11.5. The topological polar surface area (TPSA) is 95.3 Å². The van der Waals surface area contributed by atoms with Crippen LogP contribution in [0.2, 0.25) is 0 Å². The van der Waals surface area contributed by atoms with Crippen LogP contribution < -0.4 is 26.6 Å². The standard InChI is InChI=1S/C18H26N6O/c1-2-9-20-18(25)21-10-5-6-11-24-12-22-15-16(24)13-7-3-4-8-14(13)23-17(15)19/h3-4,7-8,22H,2,5-6,9-12H2,1H3,(H2,19,23)(H2,20,21,25). The molecule has 1 aromatic carbocycles. The molecule has 1 aliphatic heterocycles. The van der Waals surface area contributed by atoms with Crippen LogP contribution in [0.4, 0.5) is 22.0 Å². The molecule has 0 radical (unpaired) electrons. The molecule has 0 unspecified atom stereocenters. The van der Waals surface area contributed by atoms with Crippen molar-refractivity contribution in [1.29, 1.82) is 0 Å². The van der Waals surface area contributed by atoms with E-state index >= 15 is 0 Å². The van der Waals surface area contributed by atoms with Gasteiger partial charge in [-0.2, -0.15) is 0 Å². The van der Waals surface area contributed by atoms with Crippen LogP contribution >= 0.6 is 0 Å². The number of unbranched alkanes of at least 4 members (excludes halogenated alkanes) is 1. The molecule has 0 spiro atoms. The molecular weight excluding hydrogens is 316 g/mol. The second-order valence-electron chi connectivity index (χ2n) is 6.23. The van der Waals surface area contributed by atoms with E-state index in [0.29, 0.717) is 18.9 Å². The summed E-state index contributed by atoms with van der Waals surface area (Å²) in [6.07, 6.45) is 2.87. The third-order valence-electron chi connectivity index (χ3n) is 4.33. The van der Waals surface area contributed by atoms with Gasteiger partial charge in [-0.05, 0) is 25.3 Å². The third kappa shape index (κ3) is 3.87. The summed E-state index contributed by atoms with van der Waals surface area (Å²) in [6, 6.07) is 7.99. The lowest BCUT2D eigenvalue weighted by molar-refractivity contribution is 0.240. The Hall–Kier alpha value is -2.70. The maximum absolute atomic E-state index is 11.5. The Kier molecular flexibility index (Phi) is 5.42. The molecule has 1 aromatic heterocycles. The molecular formula is C18H26N6O. The molecule has 0 bridgehead atoms. The summed E-state index contributed by atoms with van der Waals surface area (Å²) >= 11 is 0. The van der Waals surface area contributed by atoms with Crippen molar-refractivity contribution in [3.8, 4) is 0 Å². The first-order valence-corrected chi connectivity index (χ1v) is 8.89. The highest BCUT2D eigenvalue weighted by atomic mass is 16.2. The van der Waals surface area contributed by atoms with Crippen LogP contribution in [0.1, 0.15) is 26.2 Å². The number of nitrogens with one attached hydrogen (secondary N) is 3. The van der Waals surface area contributed by atoms with Crippen LogP contribution in [0.5, 0.6) is 0 Å². The quantitative estimate of drug-likeness (QED) is 0.580. The summed E-state index contributed by atoms with van der Waals surface area (Å²) in [6.45, 7) is 5.08. The van der Waals surface area contributed by atoms with E-state index in [2.05, 4.69) is 31.9 Å². The van der Waals surface area contributed by atoms with E-state index in [9.17, 15) is 4.79 Å². The molecule has 0 saturated carbocycles. The number of nitrogen functional groups attached to an aromatic ring is 1. The fourth-order valence-corrected chi connectivity index (χ4v) is 3.09. The van der Waals surface area contributed by atoms with Gasteiger partial charge in [-0.25, -0.2) is 9.78 Å². The van der Waals surface area contributed by atoms with E-state index in [0.717, 1.165) is 54.8 Å². The maximum Gasteiger partial charge on any atom is 0.314 e. The summed E-state index contributed by atoms with van der Waals surface area (Å²) in [4.78, 5) is 18.3. The van der Waals surface area contributed by atoms with Gasteiger partial charge in [0, 0.05) is 25.0 Å². The van der Waals surface area contributed by atoms with E-state index in [1.807, 2.05) is 25.1 Å². The Labute approximate surface area is 148 Å². The largest absolute Gasteiger partial charge is 0.382 e. The first kappa shape index (κ1) is 17.1. The Balaban J connectivity index is 1.56. The van der Waals surface area contributed by atoms with Crippen LogP contribution in [0.25, 0.3) is 10.9 Å². The van der Waals surface area contributed by atoms with E-state index in [-0.39, 0.29) is 6.03 Å². The number of benzene rings is 1. The molecule has 0 atom stereocenters. The van der Waals surface area contributed by atoms with Crippen molar-refractivity contribution in [3.05, 3.63) is 24.3 Å². The van der Waals surface area contributed by atoms with Crippen molar-refractivity contribution in [2.45, 2.75) is 26.2 Å². The molecule has 25 heavy (non-hydrogen) atoms. The van der Waals surface area contributed by atoms with Crippen molar-refractivity contribution in [1.82, 2.24) is 15.6 Å². The lowest BCUT2D eigenvalue weighted by Gasteiger charge is -2.19. The molecule has 5 N–H and O–H groups in total. The van der Waals surface area contributed by atoms with E-state index < -0.39 is 0 Å². The van der Waals surface area contributed by atoms with Gasteiger partial charge in [-0.1, -0.05) is 25.1 Å². The molecule has 2 aromatic rings. The zero-order valence-corrected chi connectivity index (χ0v) is 14.6. The van der Waals surface area contributed by atoms with Crippen LogP contribution in [0.15, 0.2) is 24.3 Å². The van der Waals surface area contributed by atoms with Gasteiger partial charge < -0.3 is 26.6 Å². The minimum atomic E-state index is -0.0834.